The van der Waals surface area contributed by atoms with E-state index < -0.39 is 0 Å². The average molecular weight is 316 g/mol. The van der Waals surface area contributed by atoms with Crippen LogP contribution in [-0.4, -0.2) is 9.55 Å². The first-order valence-corrected chi connectivity index (χ1v) is 8.04. The Labute approximate surface area is 131 Å². The lowest BCUT2D eigenvalue weighted by Crippen LogP contribution is -2.31. The Kier molecular flexibility index (Phi) is 3.55. The van der Waals surface area contributed by atoms with E-state index in [9.17, 15) is 4.79 Å². The Morgan fingerprint density at radius 3 is 2.71 bits per heavy atom. The molecule has 2 aromatic heterocycles. The molecule has 1 aromatic carbocycles. The van der Waals surface area contributed by atoms with E-state index in [4.69, 9.17) is 12.2 Å². The summed E-state index contributed by atoms with van der Waals surface area (Å²) in [6.07, 6.45) is 0. The summed E-state index contributed by atoms with van der Waals surface area (Å²) < 4.78 is 2.14. The van der Waals surface area contributed by atoms with Gasteiger partial charge in [0.05, 0.1) is 10.9 Å². The van der Waals surface area contributed by atoms with Crippen molar-refractivity contribution in [1.82, 2.24) is 9.55 Å². The maximum absolute atomic E-state index is 12.7. The number of fused-ring (bicyclic) bond motifs is 1. The number of hydrogen-bond donors (Lipinski definition) is 1. The number of H-pyrrole nitrogens is 1. The molecule has 108 valence electrons. The van der Waals surface area contributed by atoms with Gasteiger partial charge in [0.25, 0.3) is 5.56 Å². The largest absolute Gasteiger partial charge is 0.332 e. The summed E-state index contributed by atoms with van der Waals surface area (Å²) in [5.74, 6) is 0. The van der Waals surface area contributed by atoms with Crippen LogP contribution in [-0.2, 0) is 12.0 Å². The Balaban J connectivity index is 2.14. The zero-order valence-electron chi connectivity index (χ0n) is 11.9. The van der Waals surface area contributed by atoms with E-state index in [0.29, 0.717) is 16.7 Å². The monoisotopic (exact) mass is 316 g/mol. The lowest BCUT2D eigenvalue weighted by atomic mass is 9.91. The number of thiophene rings is 1. The lowest BCUT2D eigenvalue weighted by Gasteiger charge is -2.24. The molecule has 3 nitrogen and oxygen atoms in total. The van der Waals surface area contributed by atoms with E-state index in [-0.39, 0.29) is 11.0 Å². The van der Waals surface area contributed by atoms with Crippen LogP contribution in [0.1, 0.15) is 18.7 Å². The second-order valence-electron chi connectivity index (χ2n) is 5.73. The van der Waals surface area contributed by atoms with Crippen molar-refractivity contribution in [2.45, 2.75) is 25.8 Å². The van der Waals surface area contributed by atoms with E-state index >= 15 is 0 Å². The minimum absolute atomic E-state index is 0.0287. The van der Waals surface area contributed by atoms with Crippen LogP contribution < -0.4 is 5.56 Å². The fourth-order valence-corrected chi connectivity index (χ4v) is 3.58. The third-order valence-corrected chi connectivity index (χ3v) is 5.19. The highest BCUT2D eigenvalue weighted by atomic mass is 32.1. The van der Waals surface area contributed by atoms with Gasteiger partial charge in [0, 0.05) is 16.8 Å². The van der Waals surface area contributed by atoms with Gasteiger partial charge >= 0.3 is 0 Å². The summed E-state index contributed by atoms with van der Waals surface area (Å²) in [6, 6.07) is 11.6. The fourth-order valence-electron chi connectivity index (χ4n) is 2.48. The Morgan fingerprint density at radius 1 is 1.24 bits per heavy atom. The minimum Gasteiger partial charge on any atom is -0.332 e. The third kappa shape index (κ3) is 2.59. The van der Waals surface area contributed by atoms with Gasteiger partial charge in [-0.15, -0.1) is 11.3 Å². The highest BCUT2D eigenvalue weighted by molar-refractivity contribution is 7.71. The van der Waals surface area contributed by atoms with Gasteiger partial charge in [-0.2, -0.15) is 0 Å². The Hall–Kier alpha value is -1.72. The van der Waals surface area contributed by atoms with Crippen molar-refractivity contribution >= 4 is 34.5 Å². The van der Waals surface area contributed by atoms with Crippen molar-refractivity contribution in [2.75, 3.05) is 0 Å². The quantitative estimate of drug-likeness (QED) is 0.739. The van der Waals surface area contributed by atoms with Crippen molar-refractivity contribution in [2.24, 2.45) is 0 Å². The smallest absolute Gasteiger partial charge is 0.262 e. The summed E-state index contributed by atoms with van der Waals surface area (Å²) in [5.41, 5.74) is 0.624. The number of aromatic nitrogens is 2. The molecule has 21 heavy (non-hydrogen) atoms. The lowest BCUT2D eigenvalue weighted by molar-refractivity contribution is 0.429. The summed E-state index contributed by atoms with van der Waals surface area (Å²) in [6.45, 7) is 4.83. The van der Waals surface area contributed by atoms with Gasteiger partial charge in [0.2, 0.25) is 0 Å². The molecule has 0 aliphatic carbocycles. The molecule has 3 aromatic rings. The first-order chi connectivity index (χ1) is 9.99. The third-order valence-electron chi connectivity index (χ3n) is 3.63. The second kappa shape index (κ2) is 5.24. The van der Waals surface area contributed by atoms with Crippen LogP contribution >= 0.6 is 23.6 Å². The predicted molar refractivity (Wildman–Crippen MR) is 90.7 cm³/mol. The van der Waals surface area contributed by atoms with Gasteiger partial charge in [-0.3, -0.25) is 9.36 Å². The maximum atomic E-state index is 12.7. The first kappa shape index (κ1) is 14.2. The molecule has 0 radical (unpaired) electrons. The Bertz CT molecular complexity index is 889. The number of para-hydroxylation sites is 1. The van der Waals surface area contributed by atoms with Crippen LogP contribution in [0.15, 0.2) is 46.6 Å². The normalized spacial score (nSPS) is 11.9. The van der Waals surface area contributed by atoms with E-state index in [1.807, 2.05) is 30.3 Å². The molecule has 1 N–H and O–H groups in total. The van der Waals surface area contributed by atoms with Crippen LogP contribution in [0.5, 0.6) is 0 Å². The van der Waals surface area contributed by atoms with E-state index in [2.05, 4.69) is 30.3 Å². The van der Waals surface area contributed by atoms with Crippen LogP contribution in [0.25, 0.3) is 10.9 Å². The fraction of sp³-hybridized carbons (Fsp3) is 0.250. The van der Waals surface area contributed by atoms with Gasteiger partial charge < -0.3 is 4.98 Å². The molecule has 3 rings (SSSR count). The van der Waals surface area contributed by atoms with Crippen molar-refractivity contribution in [3.8, 4) is 0 Å². The summed E-state index contributed by atoms with van der Waals surface area (Å²) in [7, 11) is 0. The molecule has 0 saturated heterocycles. The molecule has 0 aliphatic heterocycles. The first-order valence-electron chi connectivity index (χ1n) is 6.75. The highest BCUT2D eigenvalue weighted by Gasteiger charge is 2.23. The van der Waals surface area contributed by atoms with Crippen molar-refractivity contribution in [3.63, 3.8) is 0 Å². The van der Waals surface area contributed by atoms with Crippen LogP contribution in [0.4, 0.5) is 0 Å². The van der Waals surface area contributed by atoms with Crippen molar-refractivity contribution in [3.05, 3.63) is 61.8 Å². The Morgan fingerprint density at radius 2 is 2.00 bits per heavy atom. The molecular formula is C16H16N2OS2. The van der Waals surface area contributed by atoms with Gasteiger partial charge in [-0.1, -0.05) is 32.0 Å². The van der Waals surface area contributed by atoms with Gasteiger partial charge in [-0.25, -0.2) is 0 Å². The summed E-state index contributed by atoms with van der Waals surface area (Å²) in [4.78, 5) is 17.1. The predicted octanol–water partition coefficient (Wildman–Crippen LogP) is 4.10. The SMILES string of the molecule is CC(C)(Cn1c(=S)[nH]c2ccccc2c1=O)c1cccs1. The molecule has 2 heterocycles. The molecule has 0 amide bonds. The maximum Gasteiger partial charge on any atom is 0.262 e. The second-order valence-corrected chi connectivity index (χ2v) is 7.06. The van der Waals surface area contributed by atoms with Gasteiger partial charge in [-0.05, 0) is 35.8 Å². The zero-order chi connectivity index (χ0) is 15.0. The number of rotatable bonds is 3. The molecule has 0 fully saturated rings. The topological polar surface area (TPSA) is 37.8 Å². The van der Waals surface area contributed by atoms with Crippen LogP contribution in [0, 0.1) is 4.77 Å². The van der Waals surface area contributed by atoms with Gasteiger partial charge in [0.1, 0.15) is 0 Å². The van der Waals surface area contributed by atoms with Crippen molar-refractivity contribution in [1.29, 1.82) is 0 Å². The van der Waals surface area contributed by atoms with Crippen molar-refractivity contribution < 1.29 is 0 Å². The molecule has 0 atom stereocenters. The molecule has 5 heteroatoms. The molecule has 0 bridgehead atoms. The summed E-state index contributed by atoms with van der Waals surface area (Å²) >= 11 is 7.08. The molecule has 0 spiro atoms. The van der Waals surface area contributed by atoms with Crippen LogP contribution in [0.2, 0.25) is 0 Å². The highest BCUT2D eigenvalue weighted by Crippen LogP contribution is 2.28. The molecular weight excluding hydrogens is 300 g/mol. The van der Waals surface area contributed by atoms with E-state index in [1.54, 1.807) is 15.9 Å². The average Bonchev–Trinajstić information content (AvgIpc) is 2.98. The number of nitrogens with one attached hydrogen (secondary N) is 1. The number of nitrogens with zero attached hydrogens (tertiary/aromatic N) is 1. The molecule has 0 saturated carbocycles. The minimum atomic E-state index is -0.137. The number of hydrogen-bond acceptors (Lipinski definition) is 3. The summed E-state index contributed by atoms with van der Waals surface area (Å²) in [5, 5.41) is 2.73. The van der Waals surface area contributed by atoms with E-state index in [1.165, 1.54) is 4.88 Å². The zero-order valence-corrected chi connectivity index (χ0v) is 13.6. The van der Waals surface area contributed by atoms with Gasteiger partial charge in [0.15, 0.2) is 4.77 Å². The standard InChI is InChI=1S/C16H16N2OS2/c1-16(2,13-8-5-9-21-13)10-18-14(19)11-6-3-4-7-12(11)17-15(18)20/h3-9H,10H2,1-2H3,(H,17,20). The number of benzene rings is 1. The van der Waals surface area contributed by atoms with Crippen LogP contribution in [0.3, 0.4) is 0 Å². The molecule has 0 unspecified atom stereocenters. The van der Waals surface area contributed by atoms with E-state index in [0.717, 1.165) is 5.52 Å². The number of aromatic amines is 1. The molecule has 0 aliphatic rings.